The molecule has 0 spiro atoms. The van der Waals surface area contributed by atoms with E-state index in [9.17, 15) is 14.5 Å². The topological polar surface area (TPSA) is 80.5 Å². The van der Waals surface area contributed by atoms with Gasteiger partial charge in [0.2, 0.25) is 0 Å². The standard InChI is InChI=1S/C17H19FN4O3/c1-12-11-21(6-7-25-12)17-5-2-13(10-20-17)9-19-15-4-3-14(18)8-16(15)22(23)24/h2-5,8,10,12,19H,6-7,9,11H2,1H3. The number of aromatic nitrogens is 1. The fourth-order valence-electron chi connectivity index (χ4n) is 2.74. The van der Waals surface area contributed by atoms with Crippen LogP contribution in [0.15, 0.2) is 36.5 Å². The minimum Gasteiger partial charge on any atom is -0.375 e. The maximum Gasteiger partial charge on any atom is 0.295 e. The van der Waals surface area contributed by atoms with Crippen molar-refractivity contribution in [3.63, 3.8) is 0 Å². The summed E-state index contributed by atoms with van der Waals surface area (Å²) < 4.78 is 18.7. The van der Waals surface area contributed by atoms with Crippen molar-refractivity contribution in [3.8, 4) is 0 Å². The number of nitro benzene ring substituents is 1. The van der Waals surface area contributed by atoms with Crippen molar-refractivity contribution in [2.45, 2.75) is 19.6 Å². The van der Waals surface area contributed by atoms with Crippen LogP contribution in [-0.4, -0.2) is 35.7 Å². The summed E-state index contributed by atoms with van der Waals surface area (Å²) in [5.74, 6) is 0.245. The van der Waals surface area contributed by atoms with Crippen LogP contribution >= 0.6 is 0 Å². The summed E-state index contributed by atoms with van der Waals surface area (Å²) in [6, 6.07) is 7.31. The Bertz CT molecular complexity index is 754. The summed E-state index contributed by atoms with van der Waals surface area (Å²) in [6.07, 6.45) is 1.91. The van der Waals surface area contributed by atoms with Gasteiger partial charge >= 0.3 is 0 Å². The quantitative estimate of drug-likeness (QED) is 0.662. The van der Waals surface area contributed by atoms with Crippen LogP contribution < -0.4 is 10.2 Å². The van der Waals surface area contributed by atoms with Crippen LogP contribution in [0.4, 0.5) is 21.6 Å². The van der Waals surface area contributed by atoms with Crippen molar-refractivity contribution in [1.82, 2.24) is 4.98 Å². The first kappa shape index (κ1) is 17.1. The van der Waals surface area contributed by atoms with E-state index in [1.54, 1.807) is 6.20 Å². The number of halogens is 1. The normalized spacial score (nSPS) is 17.4. The molecule has 132 valence electrons. The first-order valence-electron chi connectivity index (χ1n) is 8.02. The molecule has 3 rings (SSSR count). The largest absolute Gasteiger partial charge is 0.375 e. The zero-order chi connectivity index (χ0) is 17.8. The Morgan fingerprint density at radius 1 is 1.44 bits per heavy atom. The molecule has 2 aromatic rings. The third kappa shape index (κ3) is 4.21. The number of nitro groups is 1. The molecule has 25 heavy (non-hydrogen) atoms. The van der Waals surface area contributed by atoms with Gasteiger partial charge < -0.3 is 15.0 Å². The Morgan fingerprint density at radius 3 is 2.96 bits per heavy atom. The van der Waals surface area contributed by atoms with Gasteiger partial charge in [0.25, 0.3) is 5.69 Å². The van der Waals surface area contributed by atoms with E-state index in [4.69, 9.17) is 4.74 Å². The second-order valence-electron chi connectivity index (χ2n) is 5.92. The summed E-state index contributed by atoms with van der Waals surface area (Å²) >= 11 is 0. The van der Waals surface area contributed by atoms with E-state index in [-0.39, 0.29) is 17.5 Å². The van der Waals surface area contributed by atoms with E-state index in [0.717, 1.165) is 30.5 Å². The maximum absolute atomic E-state index is 13.2. The van der Waals surface area contributed by atoms with Gasteiger partial charge in [-0.15, -0.1) is 0 Å². The van der Waals surface area contributed by atoms with Crippen LogP contribution in [0.2, 0.25) is 0 Å². The zero-order valence-electron chi connectivity index (χ0n) is 13.8. The average Bonchev–Trinajstić information content (AvgIpc) is 2.61. The lowest BCUT2D eigenvalue weighted by molar-refractivity contribution is -0.384. The van der Waals surface area contributed by atoms with Crippen molar-refractivity contribution < 1.29 is 14.1 Å². The van der Waals surface area contributed by atoms with Gasteiger partial charge in [-0.05, 0) is 30.7 Å². The lowest BCUT2D eigenvalue weighted by Crippen LogP contribution is -2.41. The summed E-state index contributed by atoms with van der Waals surface area (Å²) in [4.78, 5) is 17.0. The minimum atomic E-state index is -0.636. The molecule has 1 N–H and O–H groups in total. The highest BCUT2D eigenvalue weighted by atomic mass is 19.1. The Balaban J connectivity index is 1.65. The van der Waals surface area contributed by atoms with Crippen LogP contribution in [0, 0.1) is 15.9 Å². The molecule has 1 saturated heterocycles. The molecule has 1 fully saturated rings. The molecule has 1 aliphatic rings. The molecular formula is C17H19FN4O3. The third-order valence-electron chi connectivity index (χ3n) is 4.01. The van der Waals surface area contributed by atoms with Crippen molar-refractivity contribution >= 4 is 17.2 Å². The first-order chi connectivity index (χ1) is 12.0. The van der Waals surface area contributed by atoms with E-state index < -0.39 is 10.7 Å². The van der Waals surface area contributed by atoms with Gasteiger partial charge in [-0.2, -0.15) is 0 Å². The van der Waals surface area contributed by atoms with Gasteiger partial charge in [0.15, 0.2) is 0 Å². The third-order valence-corrected chi connectivity index (χ3v) is 4.01. The van der Waals surface area contributed by atoms with Gasteiger partial charge in [-0.1, -0.05) is 6.07 Å². The molecule has 0 saturated carbocycles. The second-order valence-corrected chi connectivity index (χ2v) is 5.92. The Hall–Kier alpha value is -2.74. The van der Waals surface area contributed by atoms with Gasteiger partial charge in [0, 0.05) is 25.8 Å². The maximum atomic E-state index is 13.2. The highest BCUT2D eigenvalue weighted by molar-refractivity contribution is 5.61. The number of pyridine rings is 1. The molecule has 0 bridgehead atoms. The van der Waals surface area contributed by atoms with Gasteiger partial charge in [0.05, 0.1) is 23.7 Å². The molecule has 0 amide bonds. The molecule has 1 unspecified atom stereocenters. The molecule has 1 aromatic heterocycles. The predicted molar refractivity (Wildman–Crippen MR) is 92.2 cm³/mol. The van der Waals surface area contributed by atoms with Crippen molar-refractivity contribution in [3.05, 3.63) is 58.0 Å². The average molecular weight is 346 g/mol. The predicted octanol–water partition coefficient (Wildman–Crippen LogP) is 2.97. The van der Waals surface area contributed by atoms with Crippen LogP contribution in [0.3, 0.4) is 0 Å². The number of morpholine rings is 1. The fourth-order valence-corrected chi connectivity index (χ4v) is 2.74. The first-order valence-corrected chi connectivity index (χ1v) is 8.02. The van der Waals surface area contributed by atoms with E-state index in [2.05, 4.69) is 15.2 Å². The summed E-state index contributed by atoms with van der Waals surface area (Å²) in [6.45, 7) is 4.67. The zero-order valence-corrected chi connectivity index (χ0v) is 13.8. The summed E-state index contributed by atoms with van der Waals surface area (Å²) in [5.41, 5.74) is 0.869. The van der Waals surface area contributed by atoms with Crippen LogP contribution in [-0.2, 0) is 11.3 Å². The summed E-state index contributed by atoms with van der Waals surface area (Å²) in [5, 5.41) is 14.0. The number of benzene rings is 1. The number of anilines is 2. The second kappa shape index (κ2) is 7.43. The molecule has 2 heterocycles. The van der Waals surface area contributed by atoms with E-state index in [0.29, 0.717) is 13.2 Å². The Morgan fingerprint density at radius 2 is 2.28 bits per heavy atom. The lowest BCUT2D eigenvalue weighted by Gasteiger charge is -2.32. The van der Waals surface area contributed by atoms with Crippen molar-refractivity contribution in [1.29, 1.82) is 0 Å². The fraction of sp³-hybridized carbons (Fsp3) is 0.353. The van der Waals surface area contributed by atoms with Crippen LogP contribution in [0.5, 0.6) is 0 Å². The molecule has 1 aromatic carbocycles. The van der Waals surface area contributed by atoms with Gasteiger partial charge in [0.1, 0.15) is 17.3 Å². The minimum absolute atomic E-state index is 0.177. The molecule has 0 radical (unpaired) electrons. The summed E-state index contributed by atoms with van der Waals surface area (Å²) in [7, 11) is 0. The van der Waals surface area contributed by atoms with E-state index in [1.807, 2.05) is 19.1 Å². The molecule has 0 aliphatic carbocycles. The number of nitrogens with zero attached hydrogens (tertiary/aromatic N) is 3. The Labute approximate surface area is 144 Å². The number of rotatable bonds is 5. The number of nitrogens with one attached hydrogen (secondary N) is 1. The SMILES string of the molecule is CC1CN(c2ccc(CNc3ccc(F)cc3[N+](=O)[O-])cn2)CCO1. The molecule has 1 atom stereocenters. The number of hydrogen-bond acceptors (Lipinski definition) is 6. The molecule has 7 nitrogen and oxygen atoms in total. The van der Waals surface area contributed by atoms with E-state index >= 15 is 0 Å². The van der Waals surface area contributed by atoms with Crippen molar-refractivity contribution in [2.24, 2.45) is 0 Å². The van der Waals surface area contributed by atoms with Crippen LogP contribution in [0.1, 0.15) is 12.5 Å². The smallest absolute Gasteiger partial charge is 0.295 e. The highest BCUT2D eigenvalue weighted by Gasteiger charge is 2.18. The highest BCUT2D eigenvalue weighted by Crippen LogP contribution is 2.25. The number of ether oxygens (including phenoxy) is 1. The molecule has 8 heteroatoms. The van der Waals surface area contributed by atoms with Crippen LogP contribution in [0.25, 0.3) is 0 Å². The van der Waals surface area contributed by atoms with Gasteiger partial charge in [-0.25, -0.2) is 9.37 Å². The number of hydrogen-bond donors (Lipinski definition) is 1. The lowest BCUT2D eigenvalue weighted by atomic mass is 10.2. The monoisotopic (exact) mass is 346 g/mol. The molecular weight excluding hydrogens is 327 g/mol. The molecule has 1 aliphatic heterocycles. The van der Waals surface area contributed by atoms with E-state index in [1.165, 1.54) is 12.1 Å². The van der Waals surface area contributed by atoms with Gasteiger partial charge in [-0.3, -0.25) is 10.1 Å². The Kier molecular flexibility index (Phi) is 5.08. The van der Waals surface area contributed by atoms with Crippen molar-refractivity contribution in [2.75, 3.05) is 29.9 Å².